The molecule has 1 aromatic carbocycles. The van der Waals surface area contributed by atoms with E-state index in [2.05, 4.69) is 49.9 Å². The van der Waals surface area contributed by atoms with Crippen molar-refractivity contribution in [1.29, 1.82) is 0 Å². The van der Waals surface area contributed by atoms with E-state index in [1.54, 1.807) is 0 Å². The third-order valence-corrected chi connectivity index (χ3v) is 4.35. The molecule has 0 bridgehead atoms. The average molecular weight is 249 g/mol. The molecular formula is C15H23NS. The maximum atomic E-state index is 6.09. The van der Waals surface area contributed by atoms with E-state index >= 15 is 0 Å². The maximum absolute atomic E-state index is 6.09. The Morgan fingerprint density at radius 3 is 2.65 bits per heavy atom. The second-order valence-corrected chi connectivity index (χ2v) is 7.02. The van der Waals surface area contributed by atoms with Gasteiger partial charge in [-0.15, -0.1) is 0 Å². The summed E-state index contributed by atoms with van der Waals surface area (Å²) in [7, 11) is 0. The molecule has 0 radical (unpaired) electrons. The van der Waals surface area contributed by atoms with Crippen LogP contribution in [0.4, 0.5) is 0 Å². The van der Waals surface area contributed by atoms with Gasteiger partial charge in [-0.1, -0.05) is 24.3 Å². The molecule has 1 nitrogen and oxygen atoms in total. The summed E-state index contributed by atoms with van der Waals surface area (Å²) in [6.07, 6.45) is 3.63. The molecule has 1 heterocycles. The summed E-state index contributed by atoms with van der Waals surface area (Å²) >= 11 is 2.09. The Labute approximate surface area is 109 Å². The minimum Gasteiger partial charge on any atom is -0.325 e. The van der Waals surface area contributed by atoms with Crippen molar-refractivity contribution in [2.24, 2.45) is 5.73 Å². The Balaban J connectivity index is 2.10. The quantitative estimate of drug-likeness (QED) is 0.886. The van der Waals surface area contributed by atoms with Crippen molar-refractivity contribution < 1.29 is 0 Å². The van der Waals surface area contributed by atoms with E-state index < -0.39 is 0 Å². The van der Waals surface area contributed by atoms with Crippen LogP contribution in [0.25, 0.3) is 0 Å². The van der Waals surface area contributed by atoms with Crippen molar-refractivity contribution >= 4 is 11.8 Å². The SMILES string of the molecule is CC(C)(N)Cc1cccc(C2CCSCC2)c1. The zero-order valence-corrected chi connectivity index (χ0v) is 11.7. The molecule has 0 atom stereocenters. The lowest BCUT2D eigenvalue weighted by atomic mass is 9.89. The van der Waals surface area contributed by atoms with Crippen LogP contribution in [0.5, 0.6) is 0 Å². The summed E-state index contributed by atoms with van der Waals surface area (Å²) in [6, 6.07) is 9.05. The van der Waals surface area contributed by atoms with E-state index in [1.807, 2.05) is 0 Å². The lowest BCUT2D eigenvalue weighted by Crippen LogP contribution is -2.34. The fraction of sp³-hybridized carbons (Fsp3) is 0.600. The molecule has 1 saturated heterocycles. The number of hydrogen-bond acceptors (Lipinski definition) is 2. The number of hydrogen-bond donors (Lipinski definition) is 1. The van der Waals surface area contributed by atoms with Gasteiger partial charge in [-0.25, -0.2) is 0 Å². The summed E-state index contributed by atoms with van der Waals surface area (Å²) in [5.74, 6) is 3.41. The molecule has 0 aliphatic carbocycles. The average Bonchev–Trinajstić information content (AvgIpc) is 2.28. The number of benzene rings is 1. The lowest BCUT2D eigenvalue weighted by molar-refractivity contribution is 0.516. The standard InChI is InChI=1S/C15H23NS/c1-15(2,16)11-12-4-3-5-14(10-12)13-6-8-17-9-7-13/h3-5,10,13H,6-9,11,16H2,1-2H3. The number of nitrogens with two attached hydrogens (primary N) is 1. The molecule has 94 valence electrons. The van der Waals surface area contributed by atoms with E-state index in [9.17, 15) is 0 Å². The zero-order valence-electron chi connectivity index (χ0n) is 10.9. The van der Waals surface area contributed by atoms with E-state index in [0.29, 0.717) is 0 Å². The van der Waals surface area contributed by atoms with Crippen molar-refractivity contribution in [3.63, 3.8) is 0 Å². The Hall–Kier alpha value is -0.470. The first kappa shape index (κ1) is 13.0. The molecule has 1 aliphatic rings. The second-order valence-electron chi connectivity index (χ2n) is 5.80. The molecule has 1 aliphatic heterocycles. The minimum atomic E-state index is -0.110. The lowest BCUT2D eigenvalue weighted by Gasteiger charge is -2.23. The molecule has 1 fully saturated rings. The van der Waals surface area contributed by atoms with Gasteiger partial charge in [0.15, 0.2) is 0 Å². The molecule has 2 N–H and O–H groups in total. The smallest absolute Gasteiger partial charge is 0.0138 e. The normalized spacial score (nSPS) is 18.3. The monoisotopic (exact) mass is 249 g/mol. The zero-order chi connectivity index (χ0) is 12.3. The largest absolute Gasteiger partial charge is 0.325 e. The summed E-state index contributed by atoms with van der Waals surface area (Å²) in [5.41, 5.74) is 8.89. The van der Waals surface area contributed by atoms with Crippen LogP contribution in [0, 0.1) is 0 Å². The fourth-order valence-corrected chi connectivity index (χ4v) is 3.62. The molecule has 17 heavy (non-hydrogen) atoms. The Kier molecular flexibility index (Phi) is 4.16. The first-order chi connectivity index (χ1) is 8.04. The van der Waals surface area contributed by atoms with Crippen LogP contribution in [0.2, 0.25) is 0 Å². The fourth-order valence-electron chi connectivity index (χ4n) is 2.51. The van der Waals surface area contributed by atoms with Crippen LogP contribution < -0.4 is 5.73 Å². The van der Waals surface area contributed by atoms with Crippen molar-refractivity contribution in [3.8, 4) is 0 Å². The van der Waals surface area contributed by atoms with Crippen molar-refractivity contribution in [3.05, 3.63) is 35.4 Å². The predicted octanol–water partition coefficient (Wildman–Crippen LogP) is 3.58. The van der Waals surface area contributed by atoms with Gasteiger partial charge < -0.3 is 5.73 Å². The molecular weight excluding hydrogens is 226 g/mol. The minimum absolute atomic E-state index is 0.110. The molecule has 2 rings (SSSR count). The Morgan fingerprint density at radius 1 is 1.29 bits per heavy atom. The Bertz CT molecular complexity index is 361. The summed E-state index contributed by atoms with van der Waals surface area (Å²) < 4.78 is 0. The van der Waals surface area contributed by atoms with Crippen molar-refractivity contribution in [2.45, 2.75) is 44.6 Å². The van der Waals surface area contributed by atoms with E-state index in [-0.39, 0.29) is 5.54 Å². The van der Waals surface area contributed by atoms with Gasteiger partial charge in [-0.3, -0.25) is 0 Å². The van der Waals surface area contributed by atoms with Crippen LogP contribution in [-0.2, 0) is 6.42 Å². The first-order valence-corrected chi connectivity index (χ1v) is 7.65. The van der Waals surface area contributed by atoms with Crippen LogP contribution in [0.1, 0.15) is 43.7 Å². The molecule has 1 aromatic rings. The van der Waals surface area contributed by atoms with Crippen LogP contribution in [-0.4, -0.2) is 17.0 Å². The van der Waals surface area contributed by atoms with Gasteiger partial charge in [0.25, 0.3) is 0 Å². The third-order valence-electron chi connectivity index (χ3n) is 3.30. The topological polar surface area (TPSA) is 26.0 Å². The predicted molar refractivity (Wildman–Crippen MR) is 77.7 cm³/mol. The highest BCUT2D eigenvalue weighted by Crippen LogP contribution is 2.32. The molecule has 0 amide bonds. The van der Waals surface area contributed by atoms with E-state index in [1.165, 1.54) is 35.5 Å². The van der Waals surface area contributed by atoms with Gasteiger partial charge >= 0.3 is 0 Å². The molecule has 2 heteroatoms. The summed E-state index contributed by atoms with van der Waals surface area (Å²) in [4.78, 5) is 0. The molecule has 0 unspecified atom stereocenters. The number of rotatable bonds is 3. The van der Waals surface area contributed by atoms with Gasteiger partial charge in [0.1, 0.15) is 0 Å². The number of thioether (sulfide) groups is 1. The molecule has 0 saturated carbocycles. The highest BCUT2D eigenvalue weighted by molar-refractivity contribution is 7.99. The van der Waals surface area contributed by atoms with E-state index in [0.717, 1.165) is 12.3 Å². The highest BCUT2D eigenvalue weighted by atomic mass is 32.2. The summed E-state index contributed by atoms with van der Waals surface area (Å²) in [5, 5.41) is 0. The van der Waals surface area contributed by atoms with Crippen LogP contribution in [0.3, 0.4) is 0 Å². The molecule has 0 aromatic heterocycles. The highest BCUT2D eigenvalue weighted by Gasteiger charge is 2.17. The first-order valence-electron chi connectivity index (χ1n) is 6.50. The van der Waals surface area contributed by atoms with Gasteiger partial charge in [0.2, 0.25) is 0 Å². The summed E-state index contributed by atoms with van der Waals surface area (Å²) in [6.45, 7) is 4.19. The van der Waals surface area contributed by atoms with Gasteiger partial charge in [-0.05, 0) is 61.7 Å². The van der Waals surface area contributed by atoms with Gasteiger partial charge in [0, 0.05) is 5.54 Å². The Morgan fingerprint density at radius 2 is 2.00 bits per heavy atom. The maximum Gasteiger partial charge on any atom is 0.0138 e. The third kappa shape index (κ3) is 4.04. The van der Waals surface area contributed by atoms with E-state index in [4.69, 9.17) is 5.73 Å². The van der Waals surface area contributed by atoms with Crippen molar-refractivity contribution in [2.75, 3.05) is 11.5 Å². The van der Waals surface area contributed by atoms with Crippen molar-refractivity contribution in [1.82, 2.24) is 0 Å². The van der Waals surface area contributed by atoms with Crippen LogP contribution in [0.15, 0.2) is 24.3 Å². The van der Waals surface area contributed by atoms with Gasteiger partial charge in [-0.2, -0.15) is 11.8 Å². The van der Waals surface area contributed by atoms with Gasteiger partial charge in [0.05, 0.1) is 0 Å². The molecule has 0 spiro atoms. The van der Waals surface area contributed by atoms with Crippen LogP contribution >= 0.6 is 11.8 Å². The second kappa shape index (κ2) is 5.45.